The molecule has 2 aromatic rings. The van der Waals surface area contributed by atoms with Gasteiger partial charge in [0.05, 0.1) is 21.2 Å². The summed E-state index contributed by atoms with van der Waals surface area (Å²) in [6.07, 6.45) is 2.93. The molecule has 0 unspecified atom stereocenters. The first-order valence-electron chi connectivity index (χ1n) is 6.05. The van der Waals surface area contributed by atoms with Gasteiger partial charge in [-0.3, -0.25) is 15.1 Å². The molecule has 7 heteroatoms. The number of anilines is 1. The first-order chi connectivity index (χ1) is 10.1. The van der Waals surface area contributed by atoms with Gasteiger partial charge in [-0.1, -0.05) is 6.07 Å². The van der Waals surface area contributed by atoms with Crippen LogP contribution in [-0.4, -0.2) is 23.3 Å². The largest absolute Gasteiger partial charge is 0.506 e. The lowest BCUT2D eigenvalue weighted by Crippen LogP contribution is -1.92. The number of hydrogen-bond donors (Lipinski definition) is 2. The number of benzene rings is 1. The van der Waals surface area contributed by atoms with E-state index in [-0.39, 0.29) is 11.4 Å². The summed E-state index contributed by atoms with van der Waals surface area (Å²) >= 11 is 1.42. The topological polar surface area (TPSA) is 87.8 Å². The smallest absolute Gasteiger partial charge is 0.271 e. The minimum atomic E-state index is -0.461. The van der Waals surface area contributed by atoms with Gasteiger partial charge in [-0.05, 0) is 23.6 Å². The Morgan fingerprint density at radius 2 is 2.29 bits per heavy atom. The average Bonchev–Trinajstić information content (AvgIpc) is 3.01. The Bertz CT molecular complexity index is 693. The zero-order valence-electron chi connectivity index (χ0n) is 11.2. The van der Waals surface area contributed by atoms with Gasteiger partial charge in [0.1, 0.15) is 5.76 Å². The van der Waals surface area contributed by atoms with Crippen LogP contribution in [-0.2, 0) is 0 Å². The maximum Gasteiger partial charge on any atom is 0.271 e. The van der Waals surface area contributed by atoms with Gasteiger partial charge in [0.25, 0.3) is 5.69 Å². The van der Waals surface area contributed by atoms with Gasteiger partial charge in [0.15, 0.2) is 0 Å². The van der Waals surface area contributed by atoms with E-state index in [0.29, 0.717) is 11.4 Å². The number of rotatable bonds is 5. The molecule has 0 fully saturated rings. The first-order valence-corrected chi connectivity index (χ1v) is 6.93. The van der Waals surface area contributed by atoms with E-state index in [1.807, 2.05) is 11.4 Å². The fourth-order valence-corrected chi connectivity index (χ4v) is 2.29. The van der Waals surface area contributed by atoms with Crippen molar-refractivity contribution in [3.63, 3.8) is 0 Å². The quantitative estimate of drug-likeness (QED) is 0.378. The summed E-state index contributed by atoms with van der Waals surface area (Å²) in [6, 6.07) is 7.99. The molecule has 0 bridgehead atoms. The van der Waals surface area contributed by atoms with Crippen molar-refractivity contribution in [3.8, 4) is 0 Å². The highest BCUT2D eigenvalue weighted by Crippen LogP contribution is 2.28. The second kappa shape index (κ2) is 6.67. The van der Waals surface area contributed by atoms with E-state index < -0.39 is 4.92 Å². The maximum absolute atomic E-state index is 10.7. The van der Waals surface area contributed by atoms with E-state index in [0.717, 1.165) is 4.88 Å². The molecule has 2 N–H and O–H groups in total. The number of aliphatic hydroxyl groups is 1. The third-order valence-electron chi connectivity index (χ3n) is 2.68. The molecule has 1 aromatic carbocycles. The van der Waals surface area contributed by atoms with Gasteiger partial charge < -0.3 is 10.4 Å². The van der Waals surface area contributed by atoms with Crippen molar-refractivity contribution in [3.05, 3.63) is 56.8 Å². The summed E-state index contributed by atoms with van der Waals surface area (Å²) in [7, 11) is 1.66. The maximum atomic E-state index is 10.7. The molecule has 0 saturated carbocycles. The summed E-state index contributed by atoms with van der Waals surface area (Å²) in [5, 5.41) is 25.2. The van der Waals surface area contributed by atoms with Crippen molar-refractivity contribution in [2.24, 2.45) is 4.99 Å². The first kappa shape index (κ1) is 14.7. The molecule has 1 heterocycles. The van der Waals surface area contributed by atoms with Crippen LogP contribution in [0.2, 0.25) is 0 Å². The number of nitrogens with zero attached hydrogens (tertiary/aromatic N) is 2. The van der Waals surface area contributed by atoms with Crippen LogP contribution in [0.25, 0.3) is 5.76 Å². The molecule has 0 radical (unpaired) electrons. The Kier molecular flexibility index (Phi) is 4.68. The minimum absolute atomic E-state index is 0.00438. The molecule has 0 spiro atoms. The number of aliphatic imine (C=N–C) groups is 1. The standard InChI is InChI=1S/C14H13N3O3S/c1-15-12-9-10(17(19)20)4-5-11(12)16-7-6-13(18)14-3-2-8-21-14/h2-9,15,18H,1H3/b13-6-,16-7+. The lowest BCUT2D eigenvalue weighted by Gasteiger charge is -2.03. The molecule has 108 valence electrons. The van der Waals surface area contributed by atoms with Gasteiger partial charge in [0.2, 0.25) is 0 Å². The van der Waals surface area contributed by atoms with Crippen molar-refractivity contribution < 1.29 is 10.0 Å². The molecule has 2 rings (SSSR count). The summed E-state index contributed by atoms with van der Waals surface area (Å²) in [5.74, 6) is 0.127. The van der Waals surface area contributed by atoms with E-state index in [4.69, 9.17) is 0 Å². The van der Waals surface area contributed by atoms with Crippen molar-refractivity contribution in [2.45, 2.75) is 0 Å². The number of thiophene rings is 1. The number of allylic oxidation sites excluding steroid dienone is 1. The van der Waals surface area contributed by atoms with Gasteiger partial charge in [0, 0.05) is 25.4 Å². The van der Waals surface area contributed by atoms with Gasteiger partial charge >= 0.3 is 0 Å². The molecule has 0 aliphatic carbocycles. The predicted molar refractivity (Wildman–Crippen MR) is 85.7 cm³/mol. The molecular weight excluding hydrogens is 290 g/mol. The third kappa shape index (κ3) is 3.67. The lowest BCUT2D eigenvalue weighted by molar-refractivity contribution is -0.384. The highest BCUT2D eigenvalue weighted by Gasteiger charge is 2.08. The summed E-state index contributed by atoms with van der Waals surface area (Å²) in [5.41, 5.74) is 1.10. The number of hydrogen-bond acceptors (Lipinski definition) is 6. The molecule has 0 aliphatic rings. The van der Waals surface area contributed by atoms with Gasteiger partial charge in [-0.25, -0.2) is 0 Å². The molecule has 21 heavy (non-hydrogen) atoms. The molecule has 6 nitrogen and oxygen atoms in total. The van der Waals surface area contributed by atoms with E-state index in [2.05, 4.69) is 10.3 Å². The monoisotopic (exact) mass is 303 g/mol. The Balaban J connectivity index is 2.21. The van der Waals surface area contributed by atoms with Crippen LogP contribution < -0.4 is 5.32 Å². The fraction of sp³-hybridized carbons (Fsp3) is 0.0714. The zero-order chi connectivity index (χ0) is 15.2. The van der Waals surface area contributed by atoms with E-state index in [9.17, 15) is 15.2 Å². The zero-order valence-corrected chi connectivity index (χ0v) is 12.0. The Hall–Kier alpha value is -2.67. The van der Waals surface area contributed by atoms with Crippen LogP contribution in [0.4, 0.5) is 17.1 Å². The van der Waals surface area contributed by atoms with E-state index in [1.54, 1.807) is 19.2 Å². The molecule has 0 aliphatic heterocycles. The normalized spacial score (nSPS) is 11.8. The lowest BCUT2D eigenvalue weighted by atomic mass is 10.2. The van der Waals surface area contributed by atoms with Gasteiger partial charge in [-0.2, -0.15) is 0 Å². The van der Waals surface area contributed by atoms with Crippen LogP contribution in [0, 0.1) is 10.1 Å². The van der Waals surface area contributed by atoms with Crippen molar-refractivity contribution in [2.75, 3.05) is 12.4 Å². The van der Waals surface area contributed by atoms with Gasteiger partial charge in [-0.15, -0.1) is 11.3 Å². The van der Waals surface area contributed by atoms with E-state index >= 15 is 0 Å². The van der Waals surface area contributed by atoms with Crippen molar-refractivity contribution in [1.82, 2.24) is 0 Å². The Labute approximate surface area is 125 Å². The summed E-state index contributed by atoms with van der Waals surface area (Å²) in [6.45, 7) is 0. The van der Waals surface area contributed by atoms with E-state index in [1.165, 1.54) is 35.8 Å². The number of aliphatic hydroxyl groups excluding tert-OH is 1. The molecule has 0 amide bonds. The number of nitro benzene ring substituents is 1. The number of nitro groups is 1. The highest BCUT2D eigenvalue weighted by atomic mass is 32.1. The Morgan fingerprint density at radius 1 is 1.48 bits per heavy atom. The highest BCUT2D eigenvalue weighted by molar-refractivity contribution is 7.11. The average molecular weight is 303 g/mol. The fourth-order valence-electron chi connectivity index (χ4n) is 1.65. The Morgan fingerprint density at radius 3 is 2.90 bits per heavy atom. The molecule has 0 atom stereocenters. The SMILES string of the molecule is CNc1cc([N+](=O)[O-])ccc1/N=C/C=C(\O)c1cccs1. The predicted octanol–water partition coefficient (Wildman–Crippen LogP) is 4.00. The van der Waals surface area contributed by atoms with Crippen molar-refractivity contribution >= 4 is 40.4 Å². The van der Waals surface area contributed by atoms with Crippen LogP contribution in [0.5, 0.6) is 0 Å². The second-order valence-corrected chi connectivity index (χ2v) is 4.96. The third-order valence-corrected chi connectivity index (χ3v) is 3.57. The molecular formula is C14H13N3O3S. The second-order valence-electron chi connectivity index (χ2n) is 4.02. The van der Waals surface area contributed by atoms with Crippen LogP contribution in [0.3, 0.4) is 0 Å². The minimum Gasteiger partial charge on any atom is -0.506 e. The number of non-ortho nitro benzene ring substituents is 1. The number of nitrogens with one attached hydrogen (secondary N) is 1. The van der Waals surface area contributed by atoms with Crippen molar-refractivity contribution in [1.29, 1.82) is 0 Å². The van der Waals surface area contributed by atoms with Crippen LogP contribution >= 0.6 is 11.3 Å². The summed E-state index contributed by atoms with van der Waals surface area (Å²) < 4.78 is 0. The molecule has 0 saturated heterocycles. The summed E-state index contributed by atoms with van der Waals surface area (Å²) in [4.78, 5) is 15.2. The van der Waals surface area contributed by atoms with Crippen LogP contribution in [0.1, 0.15) is 4.88 Å². The molecule has 1 aromatic heterocycles. The van der Waals surface area contributed by atoms with Crippen LogP contribution in [0.15, 0.2) is 46.8 Å².